The van der Waals surface area contributed by atoms with Crippen LogP contribution in [0.15, 0.2) is 47.6 Å². The van der Waals surface area contributed by atoms with Gasteiger partial charge in [-0.2, -0.15) is 0 Å². The second-order valence-electron chi connectivity index (χ2n) is 4.74. The zero-order valence-corrected chi connectivity index (χ0v) is 10.2. The minimum atomic E-state index is 0.352. The molecular weight excluding hydrogens is 208 g/mol. The largest absolute Gasteiger partial charge is 0.344 e. The van der Waals surface area contributed by atoms with Gasteiger partial charge in [-0.05, 0) is 32.0 Å². The van der Waals surface area contributed by atoms with Crippen LogP contribution in [0, 0.1) is 6.92 Å². The Balaban J connectivity index is 2.14. The maximum atomic E-state index is 4.80. The van der Waals surface area contributed by atoms with Gasteiger partial charge in [0.15, 0.2) is 0 Å². The highest BCUT2D eigenvalue weighted by Gasteiger charge is 2.18. The van der Waals surface area contributed by atoms with E-state index in [2.05, 4.69) is 61.0 Å². The van der Waals surface area contributed by atoms with Crippen LogP contribution in [0.5, 0.6) is 0 Å². The van der Waals surface area contributed by atoms with Gasteiger partial charge in [-0.1, -0.05) is 23.8 Å². The molecule has 2 heterocycles. The van der Waals surface area contributed by atoms with Crippen LogP contribution in [0.4, 0.5) is 0 Å². The lowest BCUT2D eigenvalue weighted by atomic mass is 10.0. The van der Waals surface area contributed by atoms with Crippen molar-refractivity contribution in [3.63, 3.8) is 0 Å². The van der Waals surface area contributed by atoms with E-state index in [1.807, 2.05) is 0 Å². The summed E-state index contributed by atoms with van der Waals surface area (Å²) in [6.07, 6.45) is 2.14. The van der Waals surface area contributed by atoms with Crippen molar-refractivity contribution in [2.45, 2.75) is 26.4 Å². The third-order valence-corrected chi connectivity index (χ3v) is 3.17. The Bertz CT molecular complexity index is 578. The van der Waals surface area contributed by atoms with Gasteiger partial charge in [0, 0.05) is 18.3 Å². The first-order chi connectivity index (χ1) is 8.24. The first kappa shape index (κ1) is 10.3. The molecular formula is C15H16N2. The number of aromatic nitrogens is 1. The normalized spacial score (nSPS) is 18.7. The van der Waals surface area contributed by atoms with Crippen LogP contribution in [0.25, 0.3) is 0 Å². The molecule has 0 spiro atoms. The van der Waals surface area contributed by atoms with Crippen LogP contribution < -0.4 is 0 Å². The van der Waals surface area contributed by atoms with Crippen molar-refractivity contribution in [3.8, 4) is 0 Å². The first-order valence-electron chi connectivity index (χ1n) is 6.04. The number of hydrogen-bond acceptors (Lipinski definition) is 1. The molecule has 1 aliphatic rings. The summed E-state index contributed by atoms with van der Waals surface area (Å²) >= 11 is 0. The van der Waals surface area contributed by atoms with Gasteiger partial charge in [0.1, 0.15) is 0 Å². The van der Waals surface area contributed by atoms with Crippen molar-refractivity contribution in [3.05, 3.63) is 59.4 Å². The van der Waals surface area contributed by atoms with Gasteiger partial charge in [-0.3, -0.25) is 4.99 Å². The summed E-state index contributed by atoms with van der Waals surface area (Å²) in [5.41, 5.74) is 4.85. The van der Waals surface area contributed by atoms with Crippen molar-refractivity contribution >= 4 is 5.71 Å². The Hall–Kier alpha value is -1.83. The number of hydrogen-bond donors (Lipinski definition) is 0. The molecule has 0 saturated heterocycles. The van der Waals surface area contributed by atoms with E-state index in [1.165, 1.54) is 16.8 Å². The number of nitrogens with zero attached hydrogens (tertiary/aromatic N) is 2. The van der Waals surface area contributed by atoms with E-state index in [1.54, 1.807) is 0 Å². The third kappa shape index (κ3) is 1.80. The molecule has 2 aromatic rings. The summed E-state index contributed by atoms with van der Waals surface area (Å²) in [6.45, 7) is 5.27. The zero-order chi connectivity index (χ0) is 11.8. The molecule has 1 unspecified atom stereocenters. The molecule has 17 heavy (non-hydrogen) atoms. The van der Waals surface area contributed by atoms with E-state index in [0.29, 0.717) is 6.04 Å². The molecule has 0 amide bonds. The maximum absolute atomic E-state index is 4.80. The summed E-state index contributed by atoms with van der Waals surface area (Å²) in [5.74, 6) is 0. The molecule has 1 aromatic carbocycles. The van der Waals surface area contributed by atoms with Crippen molar-refractivity contribution in [1.29, 1.82) is 0 Å². The minimum Gasteiger partial charge on any atom is -0.344 e. The number of rotatable bonds is 1. The molecule has 0 saturated carbocycles. The van der Waals surface area contributed by atoms with Gasteiger partial charge in [-0.15, -0.1) is 0 Å². The number of aliphatic imine (C=N–C) groups is 1. The van der Waals surface area contributed by atoms with Crippen LogP contribution in [0.1, 0.15) is 23.7 Å². The number of aryl methyl sites for hydroxylation is 1. The lowest BCUT2D eigenvalue weighted by molar-refractivity contribution is 0.575. The molecule has 0 bridgehead atoms. The summed E-state index contributed by atoms with van der Waals surface area (Å²) in [6, 6.07) is 13.2. The van der Waals surface area contributed by atoms with Crippen LogP contribution in [-0.2, 0) is 6.54 Å². The Morgan fingerprint density at radius 3 is 2.94 bits per heavy atom. The predicted octanol–water partition coefficient (Wildman–Crippen LogP) is 3.04. The van der Waals surface area contributed by atoms with E-state index < -0.39 is 0 Å². The summed E-state index contributed by atoms with van der Waals surface area (Å²) in [5, 5.41) is 0. The zero-order valence-electron chi connectivity index (χ0n) is 10.2. The highest BCUT2D eigenvalue weighted by Crippen LogP contribution is 2.19. The Morgan fingerprint density at radius 1 is 1.24 bits per heavy atom. The molecule has 0 radical (unpaired) electrons. The smallest absolute Gasteiger partial charge is 0.0887 e. The van der Waals surface area contributed by atoms with Gasteiger partial charge in [0.05, 0.1) is 17.4 Å². The van der Waals surface area contributed by atoms with Crippen molar-refractivity contribution in [1.82, 2.24) is 4.57 Å². The summed E-state index contributed by atoms with van der Waals surface area (Å²) in [7, 11) is 0. The minimum absolute atomic E-state index is 0.352. The van der Waals surface area contributed by atoms with Crippen molar-refractivity contribution < 1.29 is 0 Å². The van der Waals surface area contributed by atoms with Gasteiger partial charge in [0.25, 0.3) is 0 Å². The molecule has 1 atom stereocenters. The van der Waals surface area contributed by atoms with E-state index >= 15 is 0 Å². The van der Waals surface area contributed by atoms with Crippen LogP contribution >= 0.6 is 0 Å². The Labute approximate surface area is 102 Å². The Morgan fingerprint density at radius 2 is 2.12 bits per heavy atom. The number of fused-ring (bicyclic) bond motifs is 1. The van der Waals surface area contributed by atoms with Crippen LogP contribution in [-0.4, -0.2) is 16.3 Å². The molecule has 1 aliphatic heterocycles. The second-order valence-corrected chi connectivity index (χ2v) is 4.74. The van der Waals surface area contributed by atoms with E-state index in [4.69, 9.17) is 4.99 Å². The highest BCUT2D eigenvalue weighted by atomic mass is 15.0. The summed E-state index contributed by atoms with van der Waals surface area (Å²) < 4.78 is 2.29. The van der Waals surface area contributed by atoms with Gasteiger partial charge < -0.3 is 4.57 Å². The quantitative estimate of drug-likeness (QED) is 0.708. The summed E-state index contributed by atoms with van der Waals surface area (Å²) in [4.78, 5) is 4.80. The molecule has 3 rings (SSSR count). The van der Waals surface area contributed by atoms with Gasteiger partial charge in [-0.25, -0.2) is 0 Å². The molecule has 1 aromatic heterocycles. The standard InChI is InChI=1S/C15H16N2/c1-11-5-3-6-13(9-11)15-14-7-4-8-17(14)10-12(2)16-15/h3-9,12H,10H2,1-2H3. The fourth-order valence-corrected chi connectivity index (χ4v) is 2.42. The highest BCUT2D eigenvalue weighted by molar-refractivity contribution is 6.12. The maximum Gasteiger partial charge on any atom is 0.0887 e. The molecule has 0 fully saturated rings. The van der Waals surface area contributed by atoms with E-state index in [9.17, 15) is 0 Å². The lowest BCUT2D eigenvalue weighted by Gasteiger charge is -2.21. The third-order valence-electron chi connectivity index (χ3n) is 3.17. The average Bonchev–Trinajstić information content (AvgIpc) is 2.75. The average molecular weight is 224 g/mol. The molecule has 2 heteroatoms. The first-order valence-corrected chi connectivity index (χ1v) is 6.04. The van der Waals surface area contributed by atoms with Crippen LogP contribution in [0.2, 0.25) is 0 Å². The molecule has 2 nitrogen and oxygen atoms in total. The van der Waals surface area contributed by atoms with Gasteiger partial charge >= 0.3 is 0 Å². The topological polar surface area (TPSA) is 17.3 Å². The lowest BCUT2D eigenvalue weighted by Crippen LogP contribution is -2.23. The van der Waals surface area contributed by atoms with Gasteiger partial charge in [0.2, 0.25) is 0 Å². The second kappa shape index (κ2) is 3.88. The fraction of sp³-hybridized carbons (Fsp3) is 0.267. The SMILES string of the molecule is Cc1cccc(C2=NC(C)Cn3cccc32)c1. The molecule has 86 valence electrons. The number of benzene rings is 1. The molecule has 0 aliphatic carbocycles. The Kier molecular flexibility index (Phi) is 2.36. The monoisotopic (exact) mass is 224 g/mol. The van der Waals surface area contributed by atoms with E-state index in [-0.39, 0.29) is 0 Å². The van der Waals surface area contributed by atoms with Crippen LogP contribution in [0.3, 0.4) is 0 Å². The predicted molar refractivity (Wildman–Crippen MR) is 70.7 cm³/mol. The fourth-order valence-electron chi connectivity index (χ4n) is 2.42. The van der Waals surface area contributed by atoms with E-state index in [0.717, 1.165) is 12.3 Å². The van der Waals surface area contributed by atoms with Crippen molar-refractivity contribution in [2.75, 3.05) is 0 Å². The molecule has 0 N–H and O–H groups in total. The van der Waals surface area contributed by atoms with Crippen molar-refractivity contribution in [2.24, 2.45) is 4.99 Å².